The number of nitrogens with one attached hydrogen (secondary N) is 2. The summed E-state index contributed by atoms with van der Waals surface area (Å²) >= 11 is 6.15. The Morgan fingerprint density at radius 3 is 2.31 bits per heavy atom. The van der Waals surface area contributed by atoms with Crippen LogP contribution in [0.1, 0.15) is 61.8 Å². The van der Waals surface area contributed by atoms with Crippen LogP contribution >= 0.6 is 11.6 Å². The van der Waals surface area contributed by atoms with Crippen molar-refractivity contribution in [3.63, 3.8) is 0 Å². The molecular formula is C38H42ClN5O5. The SMILES string of the molecule is CC(C)(C)OC(=O)N1Cc2ccccc2C[C@H]1C(=O)N[C@H](Cc1ccc(Cl)cc1)C(=O)N1CCC(c2ccccc2-n2cc[nH]c2=O)CC1. The molecule has 2 N–H and O–H groups in total. The molecular weight excluding hydrogens is 642 g/mol. The molecule has 10 nitrogen and oxygen atoms in total. The molecule has 1 aromatic heterocycles. The number of para-hydroxylation sites is 1. The van der Waals surface area contributed by atoms with E-state index < -0.39 is 29.7 Å². The van der Waals surface area contributed by atoms with Gasteiger partial charge in [0.25, 0.3) is 0 Å². The third kappa shape index (κ3) is 7.91. The first-order valence-corrected chi connectivity index (χ1v) is 17.1. The number of nitrogens with zero attached hydrogens (tertiary/aromatic N) is 3. The smallest absolute Gasteiger partial charge is 0.411 e. The van der Waals surface area contributed by atoms with Crippen molar-refractivity contribution in [2.24, 2.45) is 0 Å². The van der Waals surface area contributed by atoms with Gasteiger partial charge in [0.2, 0.25) is 11.8 Å². The average Bonchev–Trinajstić information content (AvgIpc) is 3.52. The number of benzene rings is 3. The number of H-pyrrole nitrogens is 1. The maximum Gasteiger partial charge on any atom is 0.411 e. The summed E-state index contributed by atoms with van der Waals surface area (Å²) in [6.07, 6.45) is 4.74. The highest BCUT2D eigenvalue weighted by Gasteiger charge is 2.39. The second kappa shape index (κ2) is 14.3. The molecule has 6 rings (SSSR count). The van der Waals surface area contributed by atoms with E-state index in [1.807, 2.05) is 65.6 Å². The second-order valence-electron chi connectivity index (χ2n) is 13.8. The summed E-state index contributed by atoms with van der Waals surface area (Å²) in [5.41, 5.74) is 3.72. The van der Waals surface area contributed by atoms with Gasteiger partial charge in [0.1, 0.15) is 17.7 Å². The maximum atomic E-state index is 14.3. The summed E-state index contributed by atoms with van der Waals surface area (Å²) in [6.45, 7) is 6.59. The molecule has 0 unspecified atom stereocenters. The minimum absolute atomic E-state index is 0.149. The Hall–Kier alpha value is -4.83. The van der Waals surface area contributed by atoms with Crippen LogP contribution in [0.3, 0.4) is 0 Å². The summed E-state index contributed by atoms with van der Waals surface area (Å²) < 4.78 is 7.32. The van der Waals surface area contributed by atoms with Crippen molar-refractivity contribution >= 4 is 29.5 Å². The van der Waals surface area contributed by atoms with E-state index in [1.54, 1.807) is 49.9 Å². The molecule has 3 aromatic carbocycles. The van der Waals surface area contributed by atoms with E-state index in [-0.39, 0.29) is 30.5 Å². The molecule has 0 saturated carbocycles. The number of hydrogen-bond acceptors (Lipinski definition) is 5. The molecule has 2 aliphatic rings. The van der Waals surface area contributed by atoms with Crippen molar-refractivity contribution in [2.75, 3.05) is 13.1 Å². The van der Waals surface area contributed by atoms with Gasteiger partial charge in [-0.1, -0.05) is 66.2 Å². The zero-order chi connectivity index (χ0) is 34.7. The van der Waals surface area contributed by atoms with Crippen molar-refractivity contribution < 1.29 is 19.1 Å². The number of rotatable bonds is 7. The lowest BCUT2D eigenvalue weighted by Crippen LogP contribution is -2.58. The fraction of sp³-hybridized carbons (Fsp3) is 0.368. The van der Waals surface area contributed by atoms with Crippen molar-refractivity contribution in [3.05, 3.63) is 123 Å². The van der Waals surface area contributed by atoms with Crippen LogP contribution in [0.25, 0.3) is 5.69 Å². The Bertz CT molecular complexity index is 1870. The molecule has 1 saturated heterocycles. The van der Waals surface area contributed by atoms with Gasteiger partial charge in [0.15, 0.2) is 0 Å². The number of ether oxygens (including phenoxy) is 1. The van der Waals surface area contributed by atoms with Gasteiger partial charge in [-0.25, -0.2) is 9.59 Å². The number of halogens is 1. The van der Waals surface area contributed by atoms with E-state index in [1.165, 1.54) is 4.90 Å². The van der Waals surface area contributed by atoms with Gasteiger partial charge >= 0.3 is 11.8 Å². The number of aromatic nitrogens is 2. The number of hydrogen-bond donors (Lipinski definition) is 2. The molecule has 3 heterocycles. The molecule has 0 aliphatic carbocycles. The molecule has 1 fully saturated rings. The van der Waals surface area contributed by atoms with E-state index in [0.29, 0.717) is 37.4 Å². The van der Waals surface area contributed by atoms with E-state index in [9.17, 15) is 19.2 Å². The summed E-state index contributed by atoms with van der Waals surface area (Å²) in [5, 5.41) is 3.63. The van der Waals surface area contributed by atoms with E-state index in [0.717, 1.165) is 27.9 Å². The fourth-order valence-corrected chi connectivity index (χ4v) is 6.91. The normalized spacial score (nSPS) is 17.3. The van der Waals surface area contributed by atoms with Crippen LogP contribution < -0.4 is 11.0 Å². The van der Waals surface area contributed by atoms with Crippen LogP contribution in [0, 0.1) is 0 Å². The van der Waals surface area contributed by atoms with Crippen molar-refractivity contribution in [2.45, 2.75) is 76.6 Å². The molecule has 0 bridgehead atoms. The Kier molecular flexibility index (Phi) is 9.96. The third-order valence-corrected chi connectivity index (χ3v) is 9.49. The minimum Gasteiger partial charge on any atom is -0.444 e. The number of imidazole rings is 1. The molecule has 0 spiro atoms. The fourth-order valence-electron chi connectivity index (χ4n) is 6.79. The van der Waals surface area contributed by atoms with Gasteiger partial charge in [-0.15, -0.1) is 0 Å². The molecule has 256 valence electrons. The van der Waals surface area contributed by atoms with E-state index >= 15 is 0 Å². The summed E-state index contributed by atoms with van der Waals surface area (Å²) in [7, 11) is 0. The van der Waals surface area contributed by atoms with Gasteiger partial charge in [-0.2, -0.15) is 0 Å². The van der Waals surface area contributed by atoms with Gasteiger partial charge in [-0.3, -0.25) is 19.1 Å². The zero-order valence-electron chi connectivity index (χ0n) is 28.0. The number of carbonyl (C=O) groups excluding carboxylic acids is 3. The molecule has 3 amide bonds. The highest BCUT2D eigenvalue weighted by molar-refractivity contribution is 6.30. The van der Waals surface area contributed by atoms with Crippen LogP contribution in [0.5, 0.6) is 0 Å². The van der Waals surface area contributed by atoms with Crippen molar-refractivity contribution in [3.8, 4) is 5.69 Å². The van der Waals surface area contributed by atoms with Crippen LogP contribution in [-0.2, 0) is 33.7 Å². The monoisotopic (exact) mass is 683 g/mol. The molecule has 11 heteroatoms. The van der Waals surface area contributed by atoms with Gasteiger partial charge in [0.05, 0.1) is 12.2 Å². The van der Waals surface area contributed by atoms with Gasteiger partial charge in [0, 0.05) is 43.3 Å². The van der Waals surface area contributed by atoms with E-state index in [4.69, 9.17) is 16.3 Å². The van der Waals surface area contributed by atoms with Crippen LogP contribution in [0.15, 0.2) is 90.0 Å². The summed E-state index contributed by atoms with van der Waals surface area (Å²) in [5.74, 6) is -0.443. The molecule has 2 aliphatic heterocycles. The first kappa shape index (κ1) is 34.0. The minimum atomic E-state index is -0.867. The maximum absolute atomic E-state index is 14.3. The lowest BCUT2D eigenvalue weighted by molar-refractivity contribution is -0.138. The number of amides is 3. The number of fused-ring (bicyclic) bond motifs is 1. The largest absolute Gasteiger partial charge is 0.444 e. The number of carbonyl (C=O) groups is 3. The summed E-state index contributed by atoms with van der Waals surface area (Å²) in [6, 6.07) is 21.1. The quantitative estimate of drug-likeness (QED) is 0.263. The predicted octanol–water partition coefficient (Wildman–Crippen LogP) is 5.61. The van der Waals surface area contributed by atoms with Crippen molar-refractivity contribution in [1.82, 2.24) is 24.7 Å². The lowest BCUT2D eigenvalue weighted by Gasteiger charge is -2.38. The van der Waals surface area contributed by atoms with Crippen LogP contribution in [-0.4, -0.2) is 68.0 Å². The van der Waals surface area contributed by atoms with Gasteiger partial charge < -0.3 is 19.9 Å². The highest BCUT2D eigenvalue weighted by atomic mass is 35.5. The molecule has 49 heavy (non-hydrogen) atoms. The molecule has 4 aromatic rings. The van der Waals surface area contributed by atoms with Crippen LogP contribution in [0.2, 0.25) is 5.02 Å². The zero-order valence-corrected chi connectivity index (χ0v) is 28.8. The standard InChI is InChI=1S/C38H42ClN5O5/c1-38(2,3)49-37(48)44-24-28-9-5-4-8-27(28)23-33(44)34(45)41-31(22-25-12-14-29(39)15-13-25)35(46)42-19-16-26(17-20-42)30-10-6-7-11-32(30)43-21-18-40-36(43)47/h4-15,18,21,26,31,33H,16-17,19-20,22-24H2,1-3H3,(H,40,47)(H,41,45)/t31-,33+/m1/s1. The Balaban J connectivity index is 1.22. The summed E-state index contributed by atoms with van der Waals surface area (Å²) in [4.78, 5) is 60.2. The molecule has 2 atom stereocenters. The lowest BCUT2D eigenvalue weighted by atomic mass is 9.87. The highest BCUT2D eigenvalue weighted by Crippen LogP contribution is 2.32. The topological polar surface area (TPSA) is 117 Å². The van der Waals surface area contributed by atoms with E-state index in [2.05, 4.69) is 10.3 Å². The number of aromatic amines is 1. The Labute approximate surface area is 291 Å². The van der Waals surface area contributed by atoms with Crippen LogP contribution in [0.4, 0.5) is 4.79 Å². The Morgan fingerprint density at radius 2 is 1.63 bits per heavy atom. The van der Waals surface area contributed by atoms with Gasteiger partial charge in [-0.05, 0) is 80.0 Å². The number of piperidine rings is 1. The third-order valence-electron chi connectivity index (χ3n) is 9.24. The predicted molar refractivity (Wildman–Crippen MR) is 188 cm³/mol. The first-order valence-electron chi connectivity index (χ1n) is 16.7. The second-order valence-corrected chi connectivity index (χ2v) is 14.2. The Morgan fingerprint density at radius 1 is 0.959 bits per heavy atom. The number of likely N-dealkylation sites (tertiary alicyclic amines) is 1. The average molecular weight is 684 g/mol. The van der Waals surface area contributed by atoms with Crippen molar-refractivity contribution in [1.29, 1.82) is 0 Å². The molecule has 0 radical (unpaired) electrons. The first-order chi connectivity index (χ1) is 23.5.